The van der Waals surface area contributed by atoms with E-state index < -0.39 is 5.97 Å². The Hall–Kier alpha value is -1.39. The molecule has 2 atom stereocenters. The zero-order valence-electron chi connectivity index (χ0n) is 10.9. The van der Waals surface area contributed by atoms with Crippen LogP contribution in [-0.2, 0) is 14.4 Å². The molecule has 0 radical (unpaired) electrons. The topological polar surface area (TPSA) is 83.5 Å². The quantitative estimate of drug-likeness (QED) is 0.706. The van der Waals surface area contributed by atoms with Crippen molar-refractivity contribution in [2.45, 2.75) is 46.0 Å². The molecule has 0 aromatic rings. The minimum absolute atomic E-state index is 0.0502. The fraction of sp³-hybridized carbons (Fsp3) is 0.769. The lowest BCUT2D eigenvalue weighted by Crippen LogP contribution is -2.43. The summed E-state index contributed by atoms with van der Waals surface area (Å²) in [6, 6.07) is 0. The van der Waals surface area contributed by atoms with Crippen molar-refractivity contribution < 1.29 is 19.5 Å². The van der Waals surface area contributed by atoms with E-state index in [0.717, 1.165) is 6.42 Å². The van der Waals surface area contributed by atoms with Crippen LogP contribution in [0.1, 0.15) is 46.0 Å². The van der Waals surface area contributed by atoms with Crippen molar-refractivity contribution in [3.05, 3.63) is 0 Å². The molecule has 5 heteroatoms. The molecular weight excluding hydrogens is 234 g/mol. The highest BCUT2D eigenvalue weighted by Crippen LogP contribution is 2.30. The summed E-state index contributed by atoms with van der Waals surface area (Å²) in [6.07, 6.45) is 2.30. The number of hydrogen-bond donors (Lipinski definition) is 2. The fourth-order valence-corrected chi connectivity index (χ4v) is 2.56. The predicted molar refractivity (Wildman–Crippen MR) is 65.7 cm³/mol. The van der Waals surface area contributed by atoms with Crippen molar-refractivity contribution in [1.82, 2.24) is 5.32 Å². The van der Waals surface area contributed by atoms with Crippen LogP contribution in [0.5, 0.6) is 0 Å². The summed E-state index contributed by atoms with van der Waals surface area (Å²) in [7, 11) is 0. The van der Waals surface area contributed by atoms with Gasteiger partial charge in [-0.2, -0.15) is 0 Å². The molecule has 5 nitrogen and oxygen atoms in total. The lowest BCUT2D eigenvalue weighted by Gasteiger charge is -2.29. The van der Waals surface area contributed by atoms with E-state index in [1.54, 1.807) is 0 Å². The van der Waals surface area contributed by atoms with Crippen molar-refractivity contribution in [3.8, 4) is 0 Å². The van der Waals surface area contributed by atoms with Gasteiger partial charge >= 0.3 is 5.97 Å². The van der Waals surface area contributed by atoms with Gasteiger partial charge in [-0.15, -0.1) is 0 Å². The average Bonchev–Trinajstić information content (AvgIpc) is 2.24. The number of piperidine rings is 1. The monoisotopic (exact) mass is 255 g/mol. The van der Waals surface area contributed by atoms with E-state index in [9.17, 15) is 14.4 Å². The molecule has 0 saturated carbocycles. The predicted octanol–water partition coefficient (Wildman–Crippen LogP) is 1.57. The number of carbonyl (C=O) groups is 3. The van der Waals surface area contributed by atoms with Gasteiger partial charge in [0.2, 0.25) is 11.8 Å². The number of rotatable bonds is 6. The summed E-state index contributed by atoms with van der Waals surface area (Å²) < 4.78 is 0. The SMILES string of the molecule is CC(C)CC(CCC(=O)O)C1CCC(=O)NC1=O. The number of amides is 2. The maximum absolute atomic E-state index is 11.8. The normalized spacial score (nSPS) is 21.8. The number of hydrogen-bond acceptors (Lipinski definition) is 3. The molecule has 0 spiro atoms. The van der Waals surface area contributed by atoms with Crippen LogP contribution in [0.2, 0.25) is 0 Å². The molecule has 102 valence electrons. The lowest BCUT2D eigenvalue weighted by atomic mass is 9.78. The van der Waals surface area contributed by atoms with Crippen LogP contribution in [0.3, 0.4) is 0 Å². The third-order valence-corrected chi connectivity index (χ3v) is 3.35. The Labute approximate surface area is 107 Å². The van der Waals surface area contributed by atoms with E-state index in [0.29, 0.717) is 25.2 Å². The van der Waals surface area contributed by atoms with Gasteiger partial charge in [0.25, 0.3) is 0 Å². The summed E-state index contributed by atoms with van der Waals surface area (Å²) in [6.45, 7) is 4.11. The third-order valence-electron chi connectivity index (χ3n) is 3.35. The smallest absolute Gasteiger partial charge is 0.303 e. The minimum atomic E-state index is -0.837. The summed E-state index contributed by atoms with van der Waals surface area (Å²) in [5.74, 6) is -1.05. The highest BCUT2D eigenvalue weighted by atomic mass is 16.4. The molecule has 0 aromatic carbocycles. The van der Waals surface area contributed by atoms with Gasteiger partial charge in [0.15, 0.2) is 0 Å². The molecule has 0 bridgehead atoms. The second-order valence-corrected chi connectivity index (χ2v) is 5.38. The Balaban J connectivity index is 2.65. The fourth-order valence-electron chi connectivity index (χ4n) is 2.56. The van der Waals surface area contributed by atoms with Gasteiger partial charge in [0.05, 0.1) is 0 Å². The Morgan fingerprint density at radius 3 is 2.61 bits per heavy atom. The maximum atomic E-state index is 11.8. The Morgan fingerprint density at radius 1 is 1.44 bits per heavy atom. The van der Waals surface area contributed by atoms with Crippen molar-refractivity contribution in [2.24, 2.45) is 17.8 Å². The molecule has 2 amide bonds. The van der Waals surface area contributed by atoms with E-state index >= 15 is 0 Å². The van der Waals surface area contributed by atoms with Gasteiger partial charge < -0.3 is 5.11 Å². The first kappa shape index (κ1) is 14.7. The van der Waals surface area contributed by atoms with E-state index in [-0.39, 0.29) is 30.1 Å². The summed E-state index contributed by atoms with van der Waals surface area (Å²) in [5, 5.41) is 11.1. The van der Waals surface area contributed by atoms with Gasteiger partial charge in [-0.3, -0.25) is 19.7 Å². The molecule has 0 aliphatic carbocycles. The van der Waals surface area contributed by atoms with Crippen LogP contribution in [0.15, 0.2) is 0 Å². The molecular formula is C13H21NO4. The molecule has 1 fully saturated rings. The number of aliphatic carboxylic acids is 1. The Bertz CT molecular complexity index is 338. The Kier molecular flexibility index (Phi) is 5.31. The van der Waals surface area contributed by atoms with Crippen LogP contribution in [0.4, 0.5) is 0 Å². The van der Waals surface area contributed by atoms with E-state index in [1.165, 1.54) is 0 Å². The first-order valence-corrected chi connectivity index (χ1v) is 6.45. The molecule has 2 unspecified atom stereocenters. The summed E-state index contributed by atoms with van der Waals surface area (Å²) in [4.78, 5) is 33.5. The number of imide groups is 1. The zero-order chi connectivity index (χ0) is 13.7. The second-order valence-electron chi connectivity index (χ2n) is 5.38. The highest BCUT2D eigenvalue weighted by Gasteiger charge is 2.33. The van der Waals surface area contributed by atoms with E-state index in [2.05, 4.69) is 19.2 Å². The first-order chi connectivity index (χ1) is 8.40. The van der Waals surface area contributed by atoms with Crippen LogP contribution in [0.25, 0.3) is 0 Å². The number of carboxylic acid groups (broad SMARTS) is 1. The molecule has 1 aliphatic heterocycles. The van der Waals surface area contributed by atoms with Crippen LogP contribution in [0, 0.1) is 17.8 Å². The first-order valence-electron chi connectivity index (χ1n) is 6.45. The molecule has 18 heavy (non-hydrogen) atoms. The van der Waals surface area contributed by atoms with Crippen molar-refractivity contribution in [3.63, 3.8) is 0 Å². The average molecular weight is 255 g/mol. The largest absolute Gasteiger partial charge is 0.481 e. The highest BCUT2D eigenvalue weighted by molar-refractivity contribution is 5.98. The minimum Gasteiger partial charge on any atom is -0.481 e. The Morgan fingerprint density at radius 2 is 2.11 bits per heavy atom. The molecule has 1 rings (SSSR count). The molecule has 1 saturated heterocycles. The van der Waals surface area contributed by atoms with Gasteiger partial charge in [0, 0.05) is 18.8 Å². The second kappa shape index (κ2) is 6.52. The zero-order valence-corrected chi connectivity index (χ0v) is 10.9. The molecule has 2 N–H and O–H groups in total. The third kappa shape index (κ3) is 4.47. The van der Waals surface area contributed by atoms with Crippen molar-refractivity contribution in [1.29, 1.82) is 0 Å². The van der Waals surface area contributed by atoms with Gasteiger partial charge in [0.1, 0.15) is 0 Å². The number of carboxylic acids is 1. The standard InChI is InChI=1S/C13H21NO4/c1-8(2)7-9(3-6-12(16)17)10-4-5-11(15)14-13(10)18/h8-10H,3-7H2,1-2H3,(H,16,17)(H,14,15,18). The van der Waals surface area contributed by atoms with Crippen LogP contribution < -0.4 is 5.32 Å². The van der Waals surface area contributed by atoms with Crippen molar-refractivity contribution in [2.75, 3.05) is 0 Å². The summed E-state index contributed by atoms with van der Waals surface area (Å²) >= 11 is 0. The van der Waals surface area contributed by atoms with Crippen molar-refractivity contribution >= 4 is 17.8 Å². The van der Waals surface area contributed by atoms with Gasteiger partial charge in [-0.05, 0) is 31.1 Å². The lowest BCUT2D eigenvalue weighted by molar-refractivity contribution is -0.141. The van der Waals surface area contributed by atoms with E-state index in [1.807, 2.05) is 0 Å². The summed E-state index contributed by atoms with van der Waals surface area (Å²) in [5.41, 5.74) is 0. The van der Waals surface area contributed by atoms with Gasteiger partial charge in [-0.1, -0.05) is 13.8 Å². The van der Waals surface area contributed by atoms with Crippen LogP contribution in [-0.4, -0.2) is 22.9 Å². The van der Waals surface area contributed by atoms with Crippen LogP contribution >= 0.6 is 0 Å². The van der Waals surface area contributed by atoms with E-state index in [4.69, 9.17) is 5.11 Å². The molecule has 0 aromatic heterocycles. The number of nitrogens with one attached hydrogen (secondary N) is 1. The molecule has 1 heterocycles. The molecule has 1 aliphatic rings. The van der Waals surface area contributed by atoms with Gasteiger partial charge in [-0.25, -0.2) is 0 Å². The number of carbonyl (C=O) groups excluding carboxylic acids is 2. The maximum Gasteiger partial charge on any atom is 0.303 e.